The van der Waals surface area contributed by atoms with Crippen molar-refractivity contribution in [3.8, 4) is 0 Å². The third-order valence-electron chi connectivity index (χ3n) is 4.60. The van der Waals surface area contributed by atoms with Gasteiger partial charge in [-0.25, -0.2) is 0 Å². The molecule has 1 amide bonds. The smallest absolute Gasteiger partial charge is 0.263 e. The van der Waals surface area contributed by atoms with Crippen molar-refractivity contribution in [3.05, 3.63) is 56.1 Å². The number of piperidine rings is 1. The van der Waals surface area contributed by atoms with Gasteiger partial charge in [0.1, 0.15) is 5.56 Å². The van der Waals surface area contributed by atoms with E-state index in [1.54, 1.807) is 30.5 Å². The van der Waals surface area contributed by atoms with E-state index in [1.165, 1.54) is 9.44 Å². The van der Waals surface area contributed by atoms with E-state index in [0.29, 0.717) is 0 Å². The van der Waals surface area contributed by atoms with Crippen LogP contribution in [-0.4, -0.2) is 34.5 Å². The van der Waals surface area contributed by atoms with Gasteiger partial charge in [-0.3, -0.25) is 14.5 Å². The summed E-state index contributed by atoms with van der Waals surface area (Å²) in [6, 6.07) is 7.73. The number of pyridine rings is 1. The van der Waals surface area contributed by atoms with Gasteiger partial charge in [0, 0.05) is 36.8 Å². The van der Waals surface area contributed by atoms with Crippen LogP contribution in [0, 0.1) is 6.92 Å². The second-order valence-corrected chi connectivity index (χ2v) is 7.41. The zero-order chi connectivity index (χ0) is 17.1. The highest BCUT2D eigenvalue weighted by Gasteiger charge is 2.23. The molecule has 0 saturated carbocycles. The second kappa shape index (κ2) is 7.32. The Labute approximate surface area is 145 Å². The number of likely N-dealkylation sites (tertiary alicyclic amines) is 1. The van der Waals surface area contributed by atoms with Gasteiger partial charge < -0.3 is 9.88 Å². The molecule has 0 spiro atoms. The fourth-order valence-electron chi connectivity index (χ4n) is 3.10. The standard InChI is InChI=1S/C18H23N3O2S/c1-13-7-8-16(18(23)20(13)2)17(22)19-14-5-3-9-21(11-14)12-15-6-4-10-24-15/h4,6-8,10,14H,3,5,9,11-12H2,1-2H3,(H,19,22)/t14-/m1/s1. The summed E-state index contributed by atoms with van der Waals surface area (Å²) in [5.74, 6) is -0.265. The highest BCUT2D eigenvalue weighted by molar-refractivity contribution is 7.09. The van der Waals surface area contributed by atoms with Gasteiger partial charge in [-0.05, 0) is 49.9 Å². The first-order valence-corrected chi connectivity index (χ1v) is 9.15. The first-order valence-electron chi connectivity index (χ1n) is 8.27. The zero-order valence-corrected chi connectivity index (χ0v) is 14.9. The van der Waals surface area contributed by atoms with E-state index >= 15 is 0 Å². The SMILES string of the molecule is Cc1ccc(C(=O)N[C@@H]2CCCN(Cc3cccs3)C2)c(=O)n1C. The monoisotopic (exact) mass is 345 g/mol. The van der Waals surface area contributed by atoms with Crippen molar-refractivity contribution in [1.82, 2.24) is 14.8 Å². The first kappa shape index (κ1) is 16.9. The van der Waals surface area contributed by atoms with Gasteiger partial charge in [-0.1, -0.05) is 6.07 Å². The predicted molar refractivity (Wildman–Crippen MR) is 96.5 cm³/mol. The average molecular weight is 345 g/mol. The lowest BCUT2D eigenvalue weighted by Gasteiger charge is -2.32. The number of carbonyl (C=O) groups excluding carboxylic acids is 1. The third-order valence-corrected chi connectivity index (χ3v) is 5.46. The predicted octanol–water partition coefficient (Wildman–Crippen LogP) is 2.15. The van der Waals surface area contributed by atoms with Crippen LogP contribution < -0.4 is 10.9 Å². The van der Waals surface area contributed by atoms with Crippen LogP contribution in [-0.2, 0) is 13.6 Å². The summed E-state index contributed by atoms with van der Waals surface area (Å²) in [6.45, 7) is 4.66. The number of thiophene rings is 1. The fourth-order valence-corrected chi connectivity index (χ4v) is 3.85. The number of carbonyl (C=O) groups is 1. The Kier molecular flexibility index (Phi) is 5.16. The molecule has 6 heteroatoms. The first-order chi connectivity index (χ1) is 11.5. The molecule has 0 aliphatic carbocycles. The molecule has 3 heterocycles. The van der Waals surface area contributed by atoms with Crippen LogP contribution in [0.3, 0.4) is 0 Å². The van der Waals surface area contributed by atoms with Crippen LogP contribution >= 0.6 is 11.3 Å². The van der Waals surface area contributed by atoms with Crippen molar-refractivity contribution in [1.29, 1.82) is 0 Å². The number of nitrogens with zero attached hydrogens (tertiary/aromatic N) is 2. The van der Waals surface area contributed by atoms with Gasteiger partial charge in [-0.15, -0.1) is 11.3 Å². The van der Waals surface area contributed by atoms with E-state index in [0.717, 1.165) is 38.2 Å². The van der Waals surface area contributed by atoms with Crippen LogP contribution in [0.4, 0.5) is 0 Å². The Balaban J connectivity index is 1.64. The molecule has 0 radical (unpaired) electrons. The third kappa shape index (κ3) is 3.76. The molecule has 1 aliphatic rings. The fraction of sp³-hybridized carbons (Fsp3) is 0.444. The summed E-state index contributed by atoms with van der Waals surface area (Å²) < 4.78 is 1.51. The van der Waals surface area contributed by atoms with Gasteiger partial charge in [0.2, 0.25) is 0 Å². The normalized spacial score (nSPS) is 18.5. The highest BCUT2D eigenvalue weighted by Crippen LogP contribution is 2.17. The van der Waals surface area contributed by atoms with E-state index in [1.807, 2.05) is 6.92 Å². The van der Waals surface area contributed by atoms with Gasteiger partial charge in [-0.2, -0.15) is 0 Å². The van der Waals surface area contributed by atoms with Crippen LogP contribution in [0.1, 0.15) is 33.8 Å². The number of aromatic nitrogens is 1. The second-order valence-electron chi connectivity index (χ2n) is 6.38. The molecule has 1 saturated heterocycles. The lowest BCUT2D eigenvalue weighted by molar-refractivity contribution is 0.0899. The molecule has 0 bridgehead atoms. The summed E-state index contributed by atoms with van der Waals surface area (Å²) in [6.07, 6.45) is 2.01. The minimum Gasteiger partial charge on any atom is -0.348 e. The average Bonchev–Trinajstić information content (AvgIpc) is 3.06. The summed E-state index contributed by atoms with van der Waals surface area (Å²) in [7, 11) is 1.69. The number of amides is 1. The van der Waals surface area contributed by atoms with Gasteiger partial charge >= 0.3 is 0 Å². The Hall–Kier alpha value is -1.92. The van der Waals surface area contributed by atoms with Crippen molar-refractivity contribution < 1.29 is 4.79 Å². The Morgan fingerprint density at radius 2 is 2.21 bits per heavy atom. The lowest BCUT2D eigenvalue weighted by Crippen LogP contribution is -2.48. The number of aryl methyl sites for hydroxylation is 1. The van der Waals surface area contributed by atoms with Crippen molar-refractivity contribution in [2.45, 2.75) is 32.4 Å². The van der Waals surface area contributed by atoms with Crippen LogP contribution in [0.25, 0.3) is 0 Å². The van der Waals surface area contributed by atoms with Gasteiger partial charge in [0.15, 0.2) is 0 Å². The Morgan fingerprint density at radius 3 is 2.96 bits per heavy atom. The Bertz CT molecular complexity index is 767. The number of rotatable bonds is 4. The number of nitrogens with one attached hydrogen (secondary N) is 1. The molecule has 1 N–H and O–H groups in total. The molecular weight excluding hydrogens is 322 g/mol. The van der Waals surface area contributed by atoms with E-state index in [2.05, 4.69) is 27.7 Å². The molecule has 0 aromatic carbocycles. The molecule has 1 atom stereocenters. The molecule has 2 aromatic heterocycles. The number of hydrogen-bond acceptors (Lipinski definition) is 4. The largest absolute Gasteiger partial charge is 0.348 e. The minimum atomic E-state index is -0.265. The summed E-state index contributed by atoms with van der Waals surface area (Å²) >= 11 is 1.76. The summed E-state index contributed by atoms with van der Waals surface area (Å²) in [5, 5.41) is 5.13. The molecular formula is C18H23N3O2S. The highest BCUT2D eigenvalue weighted by atomic mass is 32.1. The maximum Gasteiger partial charge on any atom is 0.263 e. The molecule has 0 unspecified atom stereocenters. The van der Waals surface area contributed by atoms with Crippen LogP contribution in [0.2, 0.25) is 0 Å². The van der Waals surface area contributed by atoms with Gasteiger partial charge in [0.25, 0.3) is 11.5 Å². The maximum atomic E-state index is 12.5. The molecule has 1 fully saturated rings. The molecule has 5 nitrogen and oxygen atoms in total. The Morgan fingerprint density at radius 1 is 1.38 bits per heavy atom. The van der Waals surface area contributed by atoms with E-state index in [4.69, 9.17) is 0 Å². The summed E-state index contributed by atoms with van der Waals surface area (Å²) in [4.78, 5) is 28.4. The molecule has 24 heavy (non-hydrogen) atoms. The molecule has 1 aliphatic heterocycles. The van der Waals surface area contributed by atoms with Gasteiger partial charge in [0.05, 0.1) is 0 Å². The topological polar surface area (TPSA) is 54.3 Å². The van der Waals surface area contributed by atoms with Crippen molar-refractivity contribution >= 4 is 17.2 Å². The van der Waals surface area contributed by atoms with Crippen molar-refractivity contribution in [2.75, 3.05) is 13.1 Å². The zero-order valence-electron chi connectivity index (χ0n) is 14.1. The lowest BCUT2D eigenvalue weighted by atomic mass is 10.0. The molecule has 2 aromatic rings. The maximum absolute atomic E-state index is 12.5. The van der Waals surface area contributed by atoms with E-state index in [9.17, 15) is 9.59 Å². The van der Waals surface area contributed by atoms with Crippen LogP contribution in [0.15, 0.2) is 34.4 Å². The minimum absolute atomic E-state index is 0.0946. The van der Waals surface area contributed by atoms with Crippen LogP contribution in [0.5, 0.6) is 0 Å². The quantitative estimate of drug-likeness (QED) is 0.924. The summed E-state index contributed by atoms with van der Waals surface area (Å²) in [5.41, 5.74) is 0.827. The van der Waals surface area contributed by atoms with E-state index < -0.39 is 0 Å². The van der Waals surface area contributed by atoms with Crippen molar-refractivity contribution in [2.24, 2.45) is 7.05 Å². The molecule has 3 rings (SSSR count). The number of hydrogen-bond donors (Lipinski definition) is 1. The van der Waals surface area contributed by atoms with Crippen molar-refractivity contribution in [3.63, 3.8) is 0 Å². The van der Waals surface area contributed by atoms with E-state index in [-0.39, 0.29) is 23.1 Å². The molecule has 128 valence electrons.